The number of urea groups is 1. The topological polar surface area (TPSA) is 112 Å². The molecule has 9 heteroatoms. The van der Waals surface area contributed by atoms with Crippen LogP contribution >= 0.6 is 11.3 Å². The van der Waals surface area contributed by atoms with Gasteiger partial charge in [-0.3, -0.25) is 4.79 Å². The predicted molar refractivity (Wildman–Crippen MR) is 86.2 cm³/mol. The third-order valence-corrected chi connectivity index (χ3v) is 4.31. The Balaban J connectivity index is 1.55. The number of aromatic amines is 1. The molecule has 4 heterocycles. The zero-order valence-electron chi connectivity index (χ0n) is 11.8. The lowest BCUT2D eigenvalue weighted by Gasteiger charge is -2.06. The van der Waals surface area contributed by atoms with Crippen molar-refractivity contribution in [2.24, 2.45) is 0 Å². The first-order valence-corrected chi connectivity index (χ1v) is 7.82. The molecule has 0 spiro atoms. The first-order chi connectivity index (χ1) is 11.2. The van der Waals surface area contributed by atoms with Crippen LogP contribution in [0, 0.1) is 0 Å². The first kappa shape index (κ1) is 13.7. The number of carbonyl (C=O) groups is 2. The van der Waals surface area contributed by atoms with Crippen molar-refractivity contribution in [1.29, 1.82) is 0 Å². The molecule has 1 atom stereocenters. The van der Waals surface area contributed by atoms with Crippen LogP contribution in [-0.2, 0) is 4.79 Å². The van der Waals surface area contributed by atoms with E-state index in [0.29, 0.717) is 5.13 Å². The smallest absolute Gasteiger partial charge is 0.315 e. The average molecular weight is 328 g/mol. The number of rotatable bonds is 3. The maximum absolute atomic E-state index is 12.1. The van der Waals surface area contributed by atoms with Gasteiger partial charge >= 0.3 is 6.03 Å². The van der Waals surface area contributed by atoms with Crippen molar-refractivity contribution in [2.45, 2.75) is 6.04 Å². The third-order valence-electron chi connectivity index (χ3n) is 3.55. The molecule has 1 saturated heterocycles. The minimum atomic E-state index is -0.577. The van der Waals surface area contributed by atoms with E-state index in [-0.39, 0.29) is 18.5 Å². The van der Waals surface area contributed by atoms with Crippen molar-refractivity contribution in [3.05, 3.63) is 29.9 Å². The number of pyridine rings is 1. The largest absolute Gasteiger partial charge is 0.345 e. The molecule has 0 aliphatic carbocycles. The number of anilines is 1. The van der Waals surface area contributed by atoms with E-state index in [1.54, 1.807) is 6.20 Å². The number of thiazole rings is 1. The van der Waals surface area contributed by atoms with Gasteiger partial charge in [-0.2, -0.15) is 0 Å². The summed E-state index contributed by atoms with van der Waals surface area (Å²) in [5.41, 5.74) is 2.49. The number of amides is 3. The Morgan fingerprint density at radius 2 is 2.35 bits per heavy atom. The number of nitrogens with zero attached hydrogens (tertiary/aromatic N) is 2. The summed E-state index contributed by atoms with van der Waals surface area (Å²) in [5, 5.41) is 11.1. The van der Waals surface area contributed by atoms with Crippen molar-refractivity contribution < 1.29 is 9.59 Å². The summed E-state index contributed by atoms with van der Waals surface area (Å²) >= 11 is 1.33. The van der Waals surface area contributed by atoms with Gasteiger partial charge in [0.1, 0.15) is 11.7 Å². The number of aromatic nitrogens is 3. The summed E-state index contributed by atoms with van der Waals surface area (Å²) in [7, 11) is 0. The van der Waals surface area contributed by atoms with E-state index in [0.717, 1.165) is 22.3 Å². The van der Waals surface area contributed by atoms with Gasteiger partial charge in [0.2, 0.25) is 0 Å². The van der Waals surface area contributed by atoms with Gasteiger partial charge in [0.25, 0.3) is 5.91 Å². The Labute approximate surface area is 134 Å². The van der Waals surface area contributed by atoms with E-state index in [2.05, 4.69) is 30.9 Å². The molecule has 0 saturated carbocycles. The molecule has 8 nitrogen and oxygen atoms in total. The van der Waals surface area contributed by atoms with E-state index >= 15 is 0 Å². The van der Waals surface area contributed by atoms with Gasteiger partial charge in [0, 0.05) is 35.3 Å². The van der Waals surface area contributed by atoms with Gasteiger partial charge in [0.05, 0.1) is 5.69 Å². The minimum Gasteiger partial charge on any atom is -0.345 e. The molecule has 1 unspecified atom stereocenters. The highest BCUT2D eigenvalue weighted by atomic mass is 32.1. The Morgan fingerprint density at radius 3 is 3.17 bits per heavy atom. The molecule has 116 valence electrons. The number of hydrogen-bond acceptors (Lipinski definition) is 5. The molecule has 3 amide bonds. The highest BCUT2D eigenvalue weighted by Crippen LogP contribution is 2.30. The lowest BCUT2D eigenvalue weighted by molar-refractivity contribution is -0.117. The molecule has 23 heavy (non-hydrogen) atoms. The van der Waals surface area contributed by atoms with Crippen LogP contribution in [0.2, 0.25) is 0 Å². The lowest BCUT2D eigenvalue weighted by atomic mass is 10.2. The molecule has 4 N–H and O–H groups in total. The van der Waals surface area contributed by atoms with Gasteiger partial charge in [-0.15, -0.1) is 11.3 Å². The summed E-state index contributed by atoms with van der Waals surface area (Å²) in [6.45, 7) is 0.275. The Morgan fingerprint density at radius 1 is 1.43 bits per heavy atom. The fraction of sp³-hybridized carbons (Fsp3) is 0.143. The monoisotopic (exact) mass is 328 g/mol. The first-order valence-electron chi connectivity index (χ1n) is 6.94. The minimum absolute atomic E-state index is 0.275. The van der Waals surface area contributed by atoms with Crippen LogP contribution in [0.3, 0.4) is 0 Å². The number of carbonyl (C=O) groups excluding carboxylic acids is 2. The molecule has 1 fully saturated rings. The zero-order valence-corrected chi connectivity index (χ0v) is 12.6. The van der Waals surface area contributed by atoms with Crippen molar-refractivity contribution in [3.8, 4) is 11.3 Å². The molecule has 3 aromatic heterocycles. The fourth-order valence-corrected chi connectivity index (χ4v) is 3.14. The second-order valence-corrected chi connectivity index (χ2v) is 5.89. The number of nitrogens with one attached hydrogen (secondary N) is 4. The molecular weight excluding hydrogens is 316 g/mol. The number of fused-ring (bicyclic) bond motifs is 1. The quantitative estimate of drug-likeness (QED) is 0.580. The second-order valence-electron chi connectivity index (χ2n) is 5.04. The highest BCUT2D eigenvalue weighted by Gasteiger charge is 2.27. The molecule has 0 aromatic carbocycles. The number of hydrogen-bond donors (Lipinski definition) is 4. The van der Waals surface area contributed by atoms with E-state index in [4.69, 9.17) is 0 Å². The third kappa shape index (κ3) is 2.50. The van der Waals surface area contributed by atoms with Crippen LogP contribution in [0.25, 0.3) is 22.3 Å². The van der Waals surface area contributed by atoms with Crippen molar-refractivity contribution in [2.75, 3.05) is 11.9 Å². The Bertz CT molecular complexity index is 901. The van der Waals surface area contributed by atoms with E-state index < -0.39 is 6.04 Å². The van der Waals surface area contributed by atoms with Crippen LogP contribution in [0.5, 0.6) is 0 Å². The highest BCUT2D eigenvalue weighted by molar-refractivity contribution is 7.14. The summed E-state index contributed by atoms with van der Waals surface area (Å²) in [6, 6.07) is 2.92. The van der Waals surface area contributed by atoms with Crippen molar-refractivity contribution in [3.63, 3.8) is 0 Å². The van der Waals surface area contributed by atoms with Gasteiger partial charge in [0.15, 0.2) is 5.13 Å². The van der Waals surface area contributed by atoms with Crippen molar-refractivity contribution >= 4 is 39.4 Å². The maximum Gasteiger partial charge on any atom is 0.315 e. The zero-order chi connectivity index (χ0) is 15.8. The molecule has 0 bridgehead atoms. The van der Waals surface area contributed by atoms with Gasteiger partial charge < -0.3 is 20.9 Å². The predicted octanol–water partition coefficient (Wildman–Crippen LogP) is 1.31. The molecule has 4 rings (SSSR count). The van der Waals surface area contributed by atoms with E-state index in [1.165, 1.54) is 11.3 Å². The second kappa shape index (κ2) is 5.36. The van der Waals surface area contributed by atoms with Gasteiger partial charge in [-0.25, -0.2) is 14.8 Å². The maximum atomic E-state index is 12.1. The normalized spacial score (nSPS) is 17.0. The van der Waals surface area contributed by atoms with Gasteiger partial charge in [-0.1, -0.05) is 0 Å². The van der Waals surface area contributed by atoms with Crippen LogP contribution < -0.4 is 16.0 Å². The van der Waals surface area contributed by atoms with Crippen LogP contribution in [-0.4, -0.2) is 39.5 Å². The Kier molecular flexibility index (Phi) is 3.19. The van der Waals surface area contributed by atoms with E-state index in [9.17, 15) is 9.59 Å². The summed E-state index contributed by atoms with van der Waals surface area (Å²) in [4.78, 5) is 34.9. The Hall–Kier alpha value is -2.94. The van der Waals surface area contributed by atoms with Gasteiger partial charge in [-0.05, 0) is 12.1 Å². The molecule has 3 aromatic rings. The SMILES string of the molecule is O=C1NCC(C(=O)Nc2nc(-c3c[nH]c4ncccc34)cs2)N1. The standard InChI is InChI=1S/C14H12N6O2S/c21-12(9-5-17-13(22)18-9)20-14-19-10(6-23-14)8-4-16-11-7(8)2-1-3-15-11/h1-4,6,9H,5H2,(H,15,16)(H2,17,18,22)(H,19,20,21). The molecule has 1 aliphatic heterocycles. The summed E-state index contributed by atoms with van der Waals surface area (Å²) in [6.07, 6.45) is 3.57. The number of H-pyrrole nitrogens is 1. The molecule has 0 radical (unpaired) electrons. The average Bonchev–Trinajstić information content (AvgIpc) is 3.26. The molecular formula is C14H12N6O2S. The lowest BCUT2D eigenvalue weighted by Crippen LogP contribution is -2.38. The fourth-order valence-electron chi connectivity index (χ4n) is 2.43. The van der Waals surface area contributed by atoms with E-state index in [1.807, 2.05) is 23.7 Å². The summed E-state index contributed by atoms with van der Waals surface area (Å²) < 4.78 is 0. The van der Waals surface area contributed by atoms with Crippen molar-refractivity contribution in [1.82, 2.24) is 25.6 Å². The molecule has 1 aliphatic rings. The van der Waals surface area contributed by atoms with Crippen LogP contribution in [0.1, 0.15) is 0 Å². The van der Waals surface area contributed by atoms with Crippen LogP contribution in [0.15, 0.2) is 29.9 Å². The summed E-state index contributed by atoms with van der Waals surface area (Å²) in [5.74, 6) is -0.287. The van der Waals surface area contributed by atoms with Crippen LogP contribution in [0.4, 0.5) is 9.93 Å².